The quantitative estimate of drug-likeness (QED) is 0.229. The standard InChI is InChI=1S/C24H38FN2O10P/c1-9-24(18(29)17(25)19(37-24)27-11-10-16(28)26-15(27)2)12-38(32,35-13-33-20(30)22(3,4)5)36-14-34-21(31)23(6,7)8/h10-11,17-19,29H,2,9,12-14H2,1,3-8H3,(H,26,28)/t17-,18+,19-,24-/m1/s1. The summed E-state index contributed by atoms with van der Waals surface area (Å²) < 4.78 is 55.8. The van der Waals surface area contributed by atoms with Gasteiger partial charge in [0.2, 0.25) is 13.6 Å². The number of hydrogen-bond donors (Lipinski definition) is 2. The zero-order valence-electron chi connectivity index (χ0n) is 22.8. The molecule has 2 rings (SSSR count). The van der Waals surface area contributed by atoms with Gasteiger partial charge in [-0.1, -0.05) is 13.5 Å². The number of alkyl halides is 1. The van der Waals surface area contributed by atoms with Gasteiger partial charge < -0.3 is 29.5 Å². The average molecular weight is 565 g/mol. The first-order chi connectivity index (χ1) is 17.3. The second-order valence-electron chi connectivity index (χ2n) is 11.1. The van der Waals surface area contributed by atoms with Crippen LogP contribution in [0.2, 0.25) is 0 Å². The van der Waals surface area contributed by atoms with Gasteiger partial charge in [-0.25, -0.2) is 4.39 Å². The van der Waals surface area contributed by atoms with Crippen molar-refractivity contribution in [2.24, 2.45) is 10.8 Å². The van der Waals surface area contributed by atoms with Gasteiger partial charge in [0.1, 0.15) is 17.5 Å². The van der Waals surface area contributed by atoms with Gasteiger partial charge in [0.05, 0.1) is 17.0 Å². The number of ether oxygens (including phenoxy) is 3. The minimum Gasteiger partial charge on any atom is -0.438 e. The number of aliphatic hydroxyl groups excluding tert-OH is 1. The highest BCUT2D eigenvalue weighted by atomic mass is 31.2. The van der Waals surface area contributed by atoms with Crippen LogP contribution in [0.5, 0.6) is 0 Å². The van der Waals surface area contributed by atoms with E-state index in [1.54, 1.807) is 48.5 Å². The molecule has 0 spiro atoms. The molecule has 2 N–H and O–H groups in total. The Labute approximate surface area is 222 Å². The molecule has 0 aromatic heterocycles. The van der Waals surface area contributed by atoms with Crippen molar-refractivity contribution < 1.29 is 51.7 Å². The fourth-order valence-electron chi connectivity index (χ4n) is 3.50. The number of nitrogens with one attached hydrogen (secondary N) is 1. The Hall–Kier alpha value is -2.31. The highest BCUT2D eigenvalue weighted by molar-refractivity contribution is 7.53. The summed E-state index contributed by atoms with van der Waals surface area (Å²) in [6, 6.07) is 0. The number of amides is 1. The maximum atomic E-state index is 15.4. The number of carbonyl (C=O) groups excluding carboxylic acids is 3. The Bertz CT molecular complexity index is 969. The first-order valence-corrected chi connectivity index (χ1v) is 13.8. The first kappa shape index (κ1) is 31.9. The Balaban J connectivity index is 2.27. The molecular weight excluding hydrogens is 526 g/mol. The monoisotopic (exact) mass is 564 g/mol. The summed E-state index contributed by atoms with van der Waals surface area (Å²) in [6.45, 7) is 13.3. The maximum Gasteiger partial charge on any atom is 0.339 e. The molecule has 2 aliphatic heterocycles. The molecule has 38 heavy (non-hydrogen) atoms. The number of rotatable bonds is 10. The molecule has 12 nitrogen and oxygen atoms in total. The molecule has 1 fully saturated rings. The fourth-order valence-corrected chi connectivity index (χ4v) is 5.33. The molecule has 0 bridgehead atoms. The predicted molar refractivity (Wildman–Crippen MR) is 133 cm³/mol. The molecule has 4 atom stereocenters. The molecule has 216 valence electrons. The third kappa shape index (κ3) is 7.63. The molecule has 0 unspecified atom stereocenters. The van der Waals surface area contributed by atoms with E-state index in [1.807, 2.05) is 0 Å². The third-order valence-electron chi connectivity index (χ3n) is 5.87. The SMILES string of the molecule is C=C1NC(=O)C=CN1[C@@H]1O[C@](CC)(CP(=O)(OCOC(=O)C(C)(C)C)OCOC(=O)C(C)(C)C)[C@@H](O)[C@H]1F. The van der Waals surface area contributed by atoms with Crippen LogP contribution in [0.25, 0.3) is 0 Å². The van der Waals surface area contributed by atoms with Gasteiger partial charge in [-0.2, -0.15) is 0 Å². The van der Waals surface area contributed by atoms with Crippen molar-refractivity contribution in [3.8, 4) is 0 Å². The molecule has 0 radical (unpaired) electrons. The largest absolute Gasteiger partial charge is 0.438 e. The highest BCUT2D eigenvalue weighted by Crippen LogP contribution is 2.55. The van der Waals surface area contributed by atoms with Crippen LogP contribution in [0.15, 0.2) is 24.7 Å². The van der Waals surface area contributed by atoms with Crippen molar-refractivity contribution >= 4 is 25.4 Å². The zero-order valence-corrected chi connectivity index (χ0v) is 23.7. The Morgan fingerprint density at radius 3 is 2.08 bits per heavy atom. The van der Waals surface area contributed by atoms with Crippen molar-refractivity contribution in [2.75, 3.05) is 19.7 Å². The third-order valence-corrected chi connectivity index (χ3v) is 7.79. The number of hydrogen-bond acceptors (Lipinski definition) is 11. The predicted octanol–water partition coefficient (Wildman–Crippen LogP) is 2.93. The smallest absolute Gasteiger partial charge is 0.339 e. The van der Waals surface area contributed by atoms with E-state index in [9.17, 15) is 24.1 Å². The van der Waals surface area contributed by atoms with Crippen molar-refractivity contribution in [3.05, 3.63) is 24.7 Å². The Morgan fingerprint density at radius 2 is 1.66 bits per heavy atom. The zero-order chi connectivity index (χ0) is 29.1. The van der Waals surface area contributed by atoms with Crippen LogP contribution in [0.4, 0.5) is 4.39 Å². The number of halogens is 1. The van der Waals surface area contributed by atoms with Crippen LogP contribution >= 0.6 is 7.60 Å². The van der Waals surface area contributed by atoms with Crippen molar-refractivity contribution in [1.29, 1.82) is 0 Å². The van der Waals surface area contributed by atoms with E-state index in [0.29, 0.717) is 0 Å². The van der Waals surface area contributed by atoms with Gasteiger partial charge >= 0.3 is 19.5 Å². The summed E-state index contributed by atoms with van der Waals surface area (Å²) in [6.07, 6.45) is -3.58. The van der Waals surface area contributed by atoms with Gasteiger partial charge in [0.25, 0.3) is 5.91 Å². The molecule has 0 aromatic rings. The lowest BCUT2D eigenvalue weighted by molar-refractivity contribution is -0.162. The van der Waals surface area contributed by atoms with E-state index >= 15 is 4.39 Å². The first-order valence-electron chi connectivity index (χ1n) is 12.0. The van der Waals surface area contributed by atoms with Gasteiger partial charge in [-0.3, -0.25) is 28.0 Å². The molecule has 2 aliphatic rings. The van der Waals surface area contributed by atoms with Crippen LogP contribution in [0, 0.1) is 10.8 Å². The van der Waals surface area contributed by atoms with Gasteiger partial charge in [-0.05, 0) is 48.0 Å². The van der Waals surface area contributed by atoms with Crippen LogP contribution in [-0.4, -0.2) is 71.7 Å². The molecule has 0 aliphatic carbocycles. The molecule has 0 aromatic carbocycles. The topological polar surface area (TPSA) is 150 Å². The normalized spacial score (nSPS) is 26.3. The van der Waals surface area contributed by atoms with Crippen LogP contribution < -0.4 is 5.32 Å². The van der Waals surface area contributed by atoms with Gasteiger partial charge in [0.15, 0.2) is 12.4 Å². The van der Waals surface area contributed by atoms with E-state index in [2.05, 4.69) is 11.9 Å². The summed E-state index contributed by atoms with van der Waals surface area (Å²) in [5.41, 5.74) is -3.54. The summed E-state index contributed by atoms with van der Waals surface area (Å²) in [5.74, 6) is -1.75. The van der Waals surface area contributed by atoms with Gasteiger partial charge in [0, 0.05) is 12.3 Å². The lowest BCUT2D eigenvalue weighted by atomic mass is 9.95. The van der Waals surface area contributed by atoms with E-state index in [4.69, 9.17) is 23.3 Å². The summed E-state index contributed by atoms with van der Waals surface area (Å²) >= 11 is 0. The van der Waals surface area contributed by atoms with Crippen LogP contribution in [0.1, 0.15) is 54.9 Å². The highest BCUT2D eigenvalue weighted by Gasteiger charge is 2.59. The van der Waals surface area contributed by atoms with E-state index < -0.39 is 80.1 Å². The lowest BCUT2D eigenvalue weighted by Gasteiger charge is -2.35. The number of aliphatic hydroxyl groups is 1. The van der Waals surface area contributed by atoms with Crippen molar-refractivity contribution in [2.45, 2.75) is 79.0 Å². The number of nitrogens with zero attached hydrogens (tertiary/aromatic N) is 1. The summed E-state index contributed by atoms with van der Waals surface area (Å²) in [7, 11) is -4.36. The Morgan fingerprint density at radius 1 is 1.16 bits per heavy atom. The summed E-state index contributed by atoms with van der Waals surface area (Å²) in [4.78, 5) is 37.0. The molecule has 2 heterocycles. The van der Waals surface area contributed by atoms with Crippen LogP contribution in [-0.2, 0) is 42.2 Å². The van der Waals surface area contributed by atoms with Gasteiger partial charge in [-0.15, -0.1) is 0 Å². The van der Waals surface area contributed by atoms with Crippen molar-refractivity contribution in [3.63, 3.8) is 0 Å². The fraction of sp³-hybridized carbons (Fsp3) is 0.708. The van der Waals surface area contributed by atoms with Crippen molar-refractivity contribution in [1.82, 2.24) is 10.2 Å². The number of esters is 2. The summed E-state index contributed by atoms with van der Waals surface area (Å²) in [5, 5.41) is 13.3. The second kappa shape index (κ2) is 11.8. The van der Waals surface area contributed by atoms with E-state index in [0.717, 1.165) is 6.08 Å². The maximum absolute atomic E-state index is 15.4. The second-order valence-corrected chi connectivity index (χ2v) is 13.2. The minimum absolute atomic E-state index is 0.0168. The molecular formula is C24H38FN2O10P. The van der Waals surface area contributed by atoms with Crippen LogP contribution in [0.3, 0.4) is 0 Å². The average Bonchev–Trinajstić information content (AvgIpc) is 3.03. The molecule has 0 saturated carbocycles. The Kier molecular flexibility index (Phi) is 9.93. The molecule has 1 amide bonds. The minimum atomic E-state index is -4.36. The molecule has 14 heteroatoms. The number of carbonyl (C=O) groups is 3. The van der Waals surface area contributed by atoms with E-state index in [1.165, 1.54) is 11.1 Å². The molecule has 1 saturated heterocycles. The lowest BCUT2D eigenvalue weighted by Crippen LogP contribution is -2.45. The van der Waals surface area contributed by atoms with E-state index in [-0.39, 0.29) is 12.2 Å².